The molecule has 0 unspecified atom stereocenters. The van der Waals surface area contributed by atoms with Crippen molar-refractivity contribution in [3.05, 3.63) is 56.6 Å². The maximum absolute atomic E-state index is 12.3. The highest BCUT2D eigenvalue weighted by Gasteiger charge is 2.19. The van der Waals surface area contributed by atoms with Gasteiger partial charge in [-0.25, -0.2) is 8.42 Å². The molecule has 0 bridgehead atoms. The maximum Gasteiger partial charge on any atom is 0.263 e. The summed E-state index contributed by atoms with van der Waals surface area (Å²) in [7, 11) is -3.84. The monoisotopic (exact) mass is 418 g/mol. The highest BCUT2D eigenvalue weighted by atomic mass is 127. The first-order valence-electron chi connectivity index (χ1n) is 5.41. The van der Waals surface area contributed by atoms with Gasteiger partial charge < -0.3 is 0 Å². The predicted molar refractivity (Wildman–Crippen MR) is 86.1 cm³/mol. The van der Waals surface area contributed by atoms with E-state index in [0.29, 0.717) is 5.69 Å². The normalized spacial score (nSPS) is 10.8. The van der Waals surface area contributed by atoms with Crippen molar-refractivity contribution in [3.63, 3.8) is 0 Å². The van der Waals surface area contributed by atoms with Crippen molar-refractivity contribution in [3.8, 4) is 6.07 Å². The van der Waals surface area contributed by atoms with Crippen LogP contribution in [0.3, 0.4) is 0 Å². The molecule has 0 aromatic heterocycles. The number of nitriles is 1. The Bertz CT molecular complexity index is 800. The van der Waals surface area contributed by atoms with Gasteiger partial charge in [0.2, 0.25) is 0 Å². The first-order valence-corrected chi connectivity index (χ1v) is 8.35. The number of anilines is 1. The third-order valence-corrected chi connectivity index (χ3v) is 5.26. The predicted octanol–water partition coefficient (Wildman–Crippen LogP) is 3.62. The van der Waals surface area contributed by atoms with Crippen molar-refractivity contribution < 1.29 is 8.42 Å². The largest absolute Gasteiger partial charge is 0.279 e. The van der Waals surface area contributed by atoms with Crippen molar-refractivity contribution in [2.45, 2.75) is 4.90 Å². The van der Waals surface area contributed by atoms with E-state index in [9.17, 15) is 8.42 Å². The minimum absolute atomic E-state index is 0.0717. The fourth-order valence-corrected chi connectivity index (χ4v) is 3.83. The second kappa shape index (κ2) is 5.99. The van der Waals surface area contributed by atoms with E-state index in [0.717, 1.165) is 3.57 Å². The summed E-state index contributed by atoms with van der Waals surface area (Å²) in [6.07, 6.45) is 0. The molecule has 0 atom stereocenters. The smallest absolute Gasteiger partial charge is 0.263 e. The molecule has 0 saturated carbocycles. The third kappa shape index (κ3) is 3.23. The Morgan fingerprint density at radius 2 is 1.90 bits per heavy atom. The first kappa shape index (κ1) is 15.1. The number of hydrogen-bond acceptors (Lipinski definition) is 3. The molecule has 20 heavy (non-hydrogen) atoms. The van der Waals surface area contributed by atoms with Crippen LogP contribution in [0, 0.1) is 14.9 Å². The molecule has 7 heteroatoms. The topological polar surface area (TPSA) is 70.0 Å². The standard InChI is InChI=1S/C13H8ClIN2O2S/c14-10-6-5-9(8-16)7-13(10)20(18,19)17-12-4-2-1-3-11(12)15/h1-7,17H. The Labute approximate surface area is 135 Å². The van der Waals surface area contributed by atoms with E-state index in [-0.39, 0.29) is 15.5 Å². The minimum Gasteiger partial charge on any atom is -0.279 e. The molecule has 0 aliphatic carbocycles. The molecule has 0 heterocycles. The van der Waals surface area contributed by atoms with Gasteiger partial charge >= 0.3 is 0 Å². The van der Waals surface area contributed by atoms with E-state index in [1.807, 2.05) is 34.7 Å². The van der Waals surface area contributed by atoms with Crippen LogP contribution in [0.25, 0.3) is 0 Å². The summed E-state index contributed by atoms with van der Waals surface area (Å²) in [5.41, 5.74) is 0.698. The fraction of sp³-hybridized carbons (Fsp3) is 0. The summed E-state index contributed by atoms with van der Waals surface area (Å²) in [5, 5.41) is 8.91. The van der Waals surface area contributed by atoms with Crippen molar-refractivity contribution in [1.29, 1.82) is 5.26 Å². The molecular weight excluding hydrogens is 411 g/mol. The second-order valence-corrected chi connectivity index (χ2v) is 7.06. The highest BCUT2D eigenvalue weighted by Crippen LogP contribution is 2.26. The molecule has 2 aromatic rings. The van der Waals surface area contributed by atoms with Gasteiger partial charge in [-0.3, -0.25) is 4.72 Å². The SMILES string of the molecule is N#Cc1ccc(Cl)c(S(=O)(=O)Nc2ccccc2I)c1. The molecule has 0 aliphatic rings. The average Bonchev–Trinajstić information content (AvgIpc) is 2.41. The van der Waals surface area contributed by atoms with Gasteiger partial charge in [-0.05, 0) is 52.9 Å². The Kier molecular flexibility index (Phi) is 4.52. The van der Waals surface area contributed by atoms with Gasteiger partial charge in [0.15, 0.2) is 0 Å². The van der Waals surface area contributed by atoms with Crippen LogP contribution in [0.2, 0.25) is 5.02 Å². The molecule has 0 aliphatic heterocycles. The van der Waals surface area contributed by atoms with Crippen LogP contribution in [0.1, 0.15) is 5.56 Å². The van der Waals surface area contributed by atoms with Crippen LogP contribution in [0.15, 0.2) is 47.4 Å². The van der Waals surface area contributed by atoms with Gasteiger partial charge in [0, 0.05) is 3.57 Å². The van der Waals surface area contributed by atoms with Crippen LogP contribution >= 0.6 is 34.2 Å². The van der Waals surface area contributed by atoms with E-state index in [1.54, 1.807) is 18.2 Å². The highest BCUT2D eigenvalue weighted by molar-refractivity contribution is 14.1. The van der Waals surface area contributed by atoms with Gasteiger partial charge in [-0.15, -0.1) is 0 Å². The summed E-state index contributed by atoms with van der Waals surface area (Å²) in [6.45, 7) is 0. The number of hydrogen-bond donors (Lipinski definition) is 1. The number of benzene rings is 2. The lowest BCUT2D eigenvalue weighted by atomic mass is 10.2. The molecule has 2 rings (SSSR count). The van der Waals surface area contributed by atoms with Crippen LogP contribution in [0.4, 0.5) is 5.69 Å². The zero-order valence-corrected chi connectivity index (χ0v) is 13.7. The third-order valence-electron chi connectivity index (χ3n) is 2.47. The van der Waals surface area contributed by atoms with Crippen molar-refractivity contribution in [2.24, 2.45) is 0 Å². The molecular formula is C13H8ClIN2O2S. The van der Waals surface area contributed by atoms with Crippen molar-refractivity contribution in [2.75, 3.05) is 4.72 Å². The lowest BCUT2D eigenvalue weighted by Crippen LogP contribution is -2.14. The Morgan fingerprint density at radius 1 is 1.20 bits per heavy atom. The lowest BCUT2D eigenvalue weighted by Gasteiger charge is -2.11. The number of rotatable bonds is 3. The fourth-order valence-electron chi connectivity index (χ4n) is 1.52. The van der Waals surface area contributed by atoms with E-state index in [2.05, 4.69) is 4.72 Å². The van der Waals surface area contributed by atoms with Gasteiger partial charge in [-0.1, -0.05) is 23.7 Å². The molecule has 0 amide bonds. The number of nitrogens with one attached hydrogen (secondary N) is 1. The molecule has 0 spiro atoms. The molecule has 0 fully saturated rings. The van der Waals surface area contributed by atoms with Crippen molar-refractivity contribution in [1.82, 2.24) is 0 Å². The van der Waals surface area contributed by atoms with E-state index in [4.69, 9.17) is 16.9 Å². The molecule has 2 aromatic carbocycles. The zero-order chi connectivity index (χ0) is 14.8. The van der Waals surface area contributed by atoms with Crippen LogP contribution in [-0.4, -0.2) is 8.42 Å². The summed E-state index contributed by atoms with van der Waals surface area (Å²) >= 11 is 7.94. The van der Waals surface area contributed by atoms with Crippen LogP contribution < -0.4 is 4.72 Å². The van der Waals surface area contributed by atoms with Crippen LogP contribution in [-0.2, 0) is 10.0 Å². The summed E-state index contributed by atoms with van der Waals surface area (Å²) in [5.74, 6) is 0. The Morgan fingerprint density at radius 3 is 2.55 bits per heavy atom. The van der Waals surface area contributed by atoms with Crippen molar-refractivity contribution >= 4 is 49.9 Å². The first-order chi connectivity index (χ1) is 9.44. The average molecular weight is 419 g/mol. The number of halogens is 2. The van der Waals surface area contributed by atoms with Gasteiger partial charge in [-0.2, -0.15) is 5.26 Å². The number of sulfonamides is 1. The van der Waals surface area contributed by atoms with E-state index in [1.165, 1.54) is 18.2 Å². The lowest BCUT2D eigenvalue weighted by molar-refractivity contribution is 0.601. The summed E-state index contributed by atoms with van der Waals surface area (Å²) in [6, 6.07) is 13.0. The maximum atomic E-state index is 12.3. The second-order valence-electron chi connectivity index (χ2n) is 3.84. The Hall–Kier alpha value is -1.30. The summed E-state index contributed by atoms with van der Waals surface area (Å²) < 4.78 is 27.9. The number of nitrogens with zero attached hydrogens (tertiary/aromatic N) is 1. The van der Waals surface area contributed by atoms with Gasteiger partial charge in [0.25, 0.3) is 10.0 Å². The molecule has 102 valence electrons. The zero-order valence-electron chi connectivity index (χ0n) is 9.97. The molecule has 0 saturated heterocycles. The molecule has 0 radical (unpaired) electrons. The van der Waals surface area contributed by atoms with Crippen LogP contribution in [0.5, 0.6) is 0 Å². The van der Waals surface area contributed by atoms with Gasteiger partial charge in [0.05, 0.1) is 22.3 Å². The minimum atomic E-state index is -3.84. The quantitative estimate of drug-likeness (QED) is 0.774. The Balaban J connectivity index is 2.47. The summed E-state index contributed by atoms with van der Waals surface area (Å²) in [4.78, 5) is -0.113. The van der Waals surface area contributed by atoms with Gasteiger partial charge in [0.1, 0.15) is 4.90 Å². The van der Waals surface area contributed by atoms with E-state index >= 15 is 0 Å². The molecule has 1 N–H and O–H groups in total. The molecule has 4 nitrogen and oxygen atoms in total. The number of para-hydroxylation sites is 1. The van der Waals surface area contributed by atoms with E-state index < -0.39 is 10.0 Å².